The molecule has 2 rings (SSSR count). The van der Waals surface area contributed by atoms with Gasteiger partial charge in [0.2, 0.25) is 11.8 Å². The molecule has 0 aliphatic rings. The number of benzene rings is 2. The summed E-state index contributed by atoms with van der Waals surface area (Å²) in [7, 11) is 0. The average molecular weight is 391 g/mol. The van der Waals surface area contributed by atoms with Crippen LogP contribution in [-0.4, -0.2) is 24.1 Å². The normalized spacial score (nSPS) is 10.5. The molecule has 138 valence electrons. The Balaban J connectivity index is 1.74. The molecule has 0 aliphatic heterocycles. The van der Waals surface area contributed by atoms with Crippen molar-refractivity contribution in [2.24, 2.45) is 0 Å². The van der Waals surface area contributed by atoms with Gasteiger partial charge in [0, 0.05) is 16.5 Å². The summed E-state index contributed by atoms with van der Waals surface area (Å²) >= 11 is 7.42. The van der Waals surface area contributed by atoms with Gasteiger partial charge in [0.1, 0.15) is 0 Å². The van der Waals surface area contributed by atoms with Crippen molar-refractivity contribution in [3.63, 3.8) is 0 Å². The first-order valence-electron chi connectivity index (χ1n) is 8.31. The lowest BCUT2D eigenvalue weighted by Gasteiger charge is -2.13. The Hall–Kier alpha value is -1.98. The number of halogens is 1. The first-order valence-corrected chi connectivity index (χ1v) is 9.85. The fourth-order valence-electron chi connectivity index (χ4n) is 2.68. The number of hydrogen-bond acceptors (Lipinski definition) is 3. The van der Waals surface area contributed by atoms with Gasteiger partial charge in [-0.05, 0) is 49.6 Å². The SMILES string of the molecule is Cc1cc(C)c(NC(=O)CNC(=O)CSCc2cccc(Cl)c2)c(C)c1. The number of amides is 2. The van der Waals surface area contributed by atoms with Crippen molar-refractivity contribution in [2.75, 3.05) is 17.6 Å². The molecule has 0 atom stereocenters. The number of aryl methyl sites for hydroxylation is 3. The topological polar surface area (TPSA) is 58.2 Å². The van der Waals surface area contributed by atoms with Gasteiger partial charge in [0.05, 0.1) is 12.3 Å². The molecule has 4 nitrogen and oxygen atoms in total. The number of rotatable bonds is 7. The molecule has 2 aromatic carbocycles. The minimum absolute atomic E-state index is 0.0384. The van der Waals surface area contributed by atoms with Gasteiger partial charge in [0.25, 0.3) is 0 Å². The summed E-state index contributed by atoms with van der Waals surface area (Å²) in [5.74, 6) is 0.599. The first kappa shape index (κ1) is 20.3. The van der Waals surface area contributed by atoms with Crippen molar-refractivity contribution in [3.8, 4) is 0 Å². The van der Waals surface area contributed by atoms with E-state index in [0.29, 0.717) is 16.5 Å². The summed E-state index contributed by atoms with van der Waals surface area (Å²) in [5.41, 5.74) is 5.06. The van der Waals surface area contributed by atoms with Crippen molar-refractivity contribution >= 4 is 40.9 Å². The lowest BCUT2D eigenvalue weighted by molar-refractivity contribution is -0.122. The van der Waals surface area contributed by atoms with Crippen LogP contribution in [0.15, 0.2) is 36.4 Å². The van der Waals surface area contributed by atoms with Crippen LogP contribution in [0.2, 0.25) is 5.02 Å². The molecule has 2 amide bonds. The number of hydrogen-bond donors (Lipinski definition) is 2. The van der Waals surface area contributed by atoms with E-state index in [9.17, 15) is 9.59 Å². The van der Waals surface area contributed by atoms with E-state index in [2.05, 4.69) is 10.6 Å². The van der Waals surface area contributed by atoms with Crippen LogP contribution < -0.4 is 10.6 Å². The minimum Gasteiger partial charge on any atom is -0.346 e. The van der Waals surface area contributed by atoms with Crippen molar-refractivity contribution < 1.29 is 9.59 Å². The highest BCUT2D eigenvalue weighted by molar-refractivity contribution is 7.99. The summed E-state index contributed by atoms with van der Waals surface area (Å²) in [4.78, 5) is 24.0. The predicted octanol–water partition coefficient (Wildman–Crippen LogP) is 4.25. The van der Waals surface area contributed by atoms with Gasteiger partial charge in [0.15, 0.2) is 0 Å². The monoisotopic (exact) mass is 390 g/mol. The molecule has 0 aromatic heterocycles. The maximum absolute atomic E-state index is 12.1. The second kappa shape index (κ2) is 9.64. The van der Waals surface area contributed by atoms with Crippen LogP contribution in [0.5, 0.6) is 0 Å². The summed E-state index contributed by atoms with van der Waals surface area (Å²) in [6.45, 7) is 5.90. The van der Waals surface area contributed by atoms with Crippen LogP contribution in [0.3, 0.4) is 0 Å². The highest BCUT2D eigenvalue weighted by Gasteiger charge is 2.10. The molecule has 0 radical (unpaired) electrons. The van der Waals surface area contributed by atoms with E-state index in [1.807, 2.05) is 57.2 Å². The number of anilines is 1. The Bertz CT molecular complexity index is 785. The molecule has 0 spiro atoms. The van der Waals surface area contributed by atoms with Gasteiger partial charge < -0.3 is 10.6 Å². The molecule has 0 unspecified atom stereocenters. The van der Waals surface area contributed by atoms with Gasteiger partial charge in [-0.3, -0.25) is 9.59 Å². The second-order valence-corrected chi connectivity index (χ2v) is 7.64. The van der Waals surface area contributed by atoms with E-state index in [1.54, 1.807) is 0 Å². The number of thioether (sulfide) groups is 1. The fraction of sp³-hybridized carbons (Fsp3) is 0.300. The van der Waals surface area contributed by atoms with E-state index in [1.165, 1.54) is 11.8 Å². The molecule has 0 heterocycles. The van der Waals surface area contributed by atoms with Crippen LogP contribution in [0.1, 0.15) is 22.3 Å². The number of carbonyl (C=O) groups excluding carboxylic acids is 2. The summed E-state index contributed by atoms with van der Waals surface area (Å²) in [6.07, 6.45) is 0. The van der Waals surface area contributed by atoms with Crippen molar-refractivity contribution in [2.45, 2.75) is 26.5 Å². The predicted molar refractivity (Wildman–Crippen MR) is 110 cm³/mol. The van der Waals surface area contributed by atoms with Gasteiger partial charge in [-0.15, -0.1) is 11.8 Å². The lowest BCUT2D eigenvalue weighted by atomic mass is 10.1. The quantitative estimate of drug-likeness (QED) is 0.742. The molecule has 0 saturated heterocycles. The van der Waals surface area contributed by atoms with Crippen LogP contribution in [0, 0.1) is 20.8 Å². The van der Waals surface area contributed by atoms with E-state index in [4.69, 9.17) is 11.6 Å². The van der Waals surface area contributed by atoms with Crippen LogP contribution in [0.25, 0.3) is 0 Å². The van der Waals surface area contributed by atoms with E-state index in [-0.39, 0.29) is 18.4 Å². The number of carbonyl (C=O) groups is 2. The van der Waals surface area contributed by atoms with Gasteiger partial charge in [-0.25, -0.2) is 0 Å². The van der Waals surface area contributed by atoms with E-state index >= 15 is 0 Å². The third-order valence-electron chi connectivity index (χ3n) is 3.78. The Morgan fingerprint density at radius 3 is 2.38 bits per heavy atom. The summed E-state index contributed by atoms with van der Waals surface area (Å²) in [6, 6.07) is 11.6. The molecule has 6 heteroatoms. The Kier molecular flexibility index (Phi) is 7.54. The zero-order valence-corrected chi connectivity index (χ0v) is 16.8. The van der Waals surface area contributed by atoms with E-state index in [0.717, 1.165) is 27.9 Å². The third kappa shape index (κ3) is 6.39. The molecule has 0 fully saturated rings. The first-order chi connectivity index (χ1) is 12.3. The maximum Gasteiger partial charge on any atom is 0.243 e. The van der Waals surface area contributed by atoms with Crippen molar-refractivity contribution in [1.82, 2.24) is 5.32 Å². The highest BCUT2D eigenvalue weighted by Crippen LogP contribution is 2.21. The Morgan fingerprint density at radius 2 is 1.73 bits per heavy atom. The Labute approximate surface area is 163 Å². The van der Waals surface area contributed by atoms with E-state index < -0.39 is 0 Å². The maximum atomic E-state index is 12.1. The fourth-order valence-corrected chi connectivity index (χ4v) is 3.70. The van der Waals surface area contributed by atoms with Crippen LogP contribution >= 0.6 is 23.4 Å². The standard InChI is InChI=1S/C20H23ClN2O2S/c1-13-7-14(2)20(15(3)8-13)23-18(24)10-22-19(25)12-26-11-16-5-4-6-17(21)9-16/h4-9H,10-12H2,1-3H3,(H,22,25)(H,23,24). The molecule has 0 bridgehead atoms. The zero-order chi connectivity index (χ0) is 19.1. The molecular weight excluding hydrogens is 368 g/mol. The van der Waals surface area contributed by atoms with Gasteiger partial charge in [-0.2, -0.15) is 0 Å². The molecule has 2 aromatic rings. The molecular formula is C20H23ClN2O2S. The second-order valence-electron chi connectivity index (χ2n) is 6.22. The van der Waals surface area contributed by atoms with Crippen molar-refractivity contribution in [1.29, 1.82) is 0 Å². The highest BCUT2D eigenvalue weighted by atomic mass is 35.5. The molecule has 0 saturated carbocycles. The molecule has 2 N–H and O–H groups in total. The third-order valence-corrected chi connectivity index (χ3v) is 5.02. The number of nitrogens with one attached hydrogen (secondary N) is 2. The molecule has 0 aliphatic carbocycles. The largest absolute Gasteiger partial charge is 0.346 e. The summed E-state index contributed by atoms with van der Waals surface area (Å²) < 4.78 is 0. The molecule has 26 heavy (non-hydrogen) atoms. The zero-order valence-electron chi connectivity index (χ0n) is 15.2. The Morgan fingerprint density at radius 1 is 1.04 bits per heavy atom. The smallest absolute Gasteiger partial charge is 0.243 e. The van der Waals surface area contributed by atoms with Crippen molar-refractivity contribution in [3.05, 3.63) is 63.7 Å². The van der Waals surface area contributed by atoms with Crippen LogP contribution in [0.4, 0.5) is 5.69 Å². The average Bonchev–Trinajstić information content (AvgIpc) is 2.56. The summed E-state index contributed by atoms with van der Waals surface area (Å²) in [5, 5.41) is 6.21. The lowest BCUT2D eigenvalue weighted by Crippen LogP contribution is -2.34. The van der Waals surface area contributed by atoms with Crippen LogP contribution in [-0.2, 0) is 15.3 Å². The van der Waals surface area contributed by atoms with Gasteiger partial charge in [-0.1, -0.05) is 41.4 Å². The van der Waals surface area contributed by atoms with Gasteiger partial charge >= 0.3 is 0 Å². The minimum atomic E-state index is -0.228.